The molecule has 0 aromatic carbocycles. The predicted molar refractivity (Wildman–Crippen MR) is 62.9 cm³/mol. The fourth-order valence-electron chi connectivity index (χ4n) is 2.14. The van der Waals surface area contributed by atoms with Crippen LogP contribution in [0.3, 0.4) is 0 Å². The van der Waals surface area contributed by atoms with E-state index in [-0.39, 0.29) is 5.78 Å². The van der Waals surface area contributed by atoms with Gasteiger partial charge in [-0.1, -0.05) is 19.9 Å². The minimum atomic E-state index is -1.15. The van der Waals surface area contributed by atoms with Crippen LogP contribution in [0.5, 0.6) is 0 Å². The molecule has 3 nitrogen and oxygen atoms in total. The summed E-state index contributed by atoms with van der Waals surface area (Å²) < 4.78 is 0. The maximum absolute atomic E-state index is 11.5. The van der Waals surface area contributed by atoms with E-state index in [0.29, 0.717) is 12.0 Å². The molecule has 2 atom stereocenters. The van der Waals surface area contributed by atoms with Crippen molar-refractivity contribution in [3.63, 3.8) is 0 Å². The zero-order valence-electron chi connectivity index (χ0n) is 10.3. The average molecular weight is 224 g/mol. The fourth-order valence-corrected chi connectivity index (χ4v) is 2.14. The molecule has 16 heavy (non-hydrogen) atoms. The van der Waals surface area contributed by atoms with Crippen LogP contribution in [0.25, 0.3) is 0 Å². The Kier molecular flexibility index (Phi) is 3.41. The van der Waals surface area contributed by atoms with E-state index in [1.165, 1.54) is 6.08 Å². The summed E-state index contributed by atoms with van der Waals surface area (Å²) in [6.07, 6.45) is 4.33. The molecule has 0 spiro atoms. The second kappa shape index (κ2) is 4.15. The number of carbonyl (C=O) groups is 1. The summed E-state index contributed by atoms with van der Waals surface area (Å²) in [6.45, 7) is 7.08. The van der Waals surface area contributed by atoms with Gasteiger partial charge < -0.3 is 10.2 Å². The molecular formula is C13H20O3. The molecule has 0 amide bonds. The lowest BCUT2D eigenvalue weighted by Gasteiger charge is -2.44. The molecule has 0 fully saturated rings. The third-order valence-electron chi connectivity index (χ3n) is 3.24. The average Bonchev–Trinajstić information content (AvgIpc) is 2.10. The zero-order valence-corrected chi connectivity index (χ0v) is 10.3. The summed E-state index contributed by atoms with van der Waals surface area (Å²) in [4.78, 5) is 11.5. The molecule has 0 aromatic rings. The van der Waals surface area contributed by atoms with E-state index in [0.717, 1.165) is 0 Å². The first-order chi connectivity index (χ1) is 7.19. The van der Waals surface area contributed by atoms with Crippen LogP contribution in [0.1, 0.15) is 34.1 Å². The molecule has 1 aliphatic carbocycles. The molecule has 0 aromatic heterocycles. The SMILES string of the molecule is CC1=CC(=O)CC(C)(C)C1(O)/C=C/[C@H](C)O. The molecule has 1 aliphatic rings. The van der Waals surface area contributed by atoms with Crippen molar-refractivity contribution in [2.75, 3.05) is 0 Å². The lowest BCUT2D eigenvalue weighted by molar-refractivity contribution is -0.121. The number of carbonyl (C=O) groups excluding carboxylic acids is 1. The molecule has 1 rings (SSSR count). The Bertz CT molecular complexity index is 350. The summed E-state index contributed by atoms with van der Waals surface area (Å²) in [7, 11) is 0. The Labute approximate surface area is 96.5 Å². The molecule has 0 saturated heterocycles. The van der Waals surface area contributed by atoms with E-state index in [9.17, 15) is 15.0 Å². The molecule has 1 unspecified atom stereocenters. The van der Waals surface area contributed by atoms with Gasteiger partial charge >= 0.3 is 0 Å². The molecule has 0 bridgehead atoms. The maximum atomic E-state index is 11.5. The molecule has 90 valence electrons. The third kappa shape index (κ3) is 2.25. The molecule has 3 heteroatoms. The van der Waals surface area contributed by atoms with Gasteiger partial charge in [-0.15, -0.1) is 0 Å². The standard InChI is InChI=1S/C13H20O3/c1-9-7-11(15)8-12(3,4)13(9,16)6-5-10(2)14/h5-7,10,14,16H,8H2,1-4H3/b6-5+/t10-,13?/m0/s1. The lowest BCUT2D eigenvalue weighted by Crippen LogP contribution is -2.48. The minimum Gasteiger partial charge on any atom is -0.389 e. The van der Waals surface area contributed by atoms with Crippen molar-refractivity contribution < 1.29 is 15.0 Å². The summed E-state index contributed by atoms with van der Waals surface area (Å²) in [5.41, 5.74) is -1.07. The van der Waals surface area contributed by atoms with Crippen LogP contribution < -0.4 is 0 Å². The van der Waals surface area contributed by atoms with E-state index in [4.69, 9.17) is 0 Å². The Morgan fingerprint density at radius 1 is 1.50 bits per heavy atom. The monoisotopic (exact) mass is 224 g/mol. The number of aliphatic hydroxyl groups excluding tert-OH is 1. The van der Waals surface area contributed by atoms with E-state index < -0.39 is 17.1 Å². The number of hydrogen-bond acceptors (Lipinski definition) is 3. The molecule has 2 N–H and O–H groups in total. The lowest BCUT2D eigenvalue weighted by atomic mass is 9.64. The van der Waals surface area contributed by atoms with Crippen LogP contribution >= 0.6 is 0 Å². The van der Waals surface area contributed by atoms with Crippen molar-refractivity contribution >= 4 is 5.78 Å². The molecule has 0 aliphatic heterocycles. The summed E-state index contributed by atoms with van der Waals surface area (Å²) >= 11 is 0. The quantitative estimate of drug-likeness (QED) is 0.700. The first-order valence-corrected chi connectivity index (χ1v) is 5.50. The Hall–Kier alpha value is -0.930. The third-order valence-corrected chi connectivity index (χ3v) is 3.24. The van der Waals surface area contributed by atoms with Crippen molar-refractivity contribution in [3.05, 3.63) is 23.8 Å². The Morgan fingerprint density at radius 2 is 2.06 bits per heavy atom. The molecule has 0 saturated carbocycles. The summed E-state index contributed by atoms with van der Waals surface area (Å²) in [6, 6.07) is 0. The van der Waals surface area contributed by atoms with E-state index in [1.54, 1.807) is 26.0 Å². The number of rotatable bonds is 2. The van der Waals surface area contributed by atoms with Crippen LogP contribution in [-0.4, -0.2) is 27.7 Å². The van der Waals surface area contributed by atoms with Crippen molar-refractivity contribution in [1.29, 1.82) is 0 Å². The summed E-state index contributed by atoms with van der Waals surface area (Å²) in [5.74, 6) is 0.0395. The number of allylic oxidation sites excluding steroid dienone is 1. The summed E-state index contributed by atoms with van der Waals surface area (Å²) in [5, 5.41) is 19.8. The number of aliphatic hydroxyl groups is 2. The van der Waals surface area contributed by atoms with Gasteiger partial charge in [0.15, 0.2) is 5.78 Å². The first kappa shape index (κ1) is 13.1. The highest BCUT2D eigenvalue weighted by Gasteiger charge is 2.46. The van der Waals surface area contributed by atoms with Gasteiger partial charge in [0.1, 0.15) is 5.60 Å². The largest absolute Gasteiger partial charge is 0.389 e. The molecule has 0 radical (unpaired) electrons. The van der Waals surface area contributed by atoms with Gasteiger partial charge in [0.2, 0.25) is 0 Å². The first-order valence-electron chi connectivity index (χ1n) is 5.50. The van der Waals surface area contributed by atoms with Crippen molar-refractivity contribution in [3.8, 4) is 0 Å². The molecular weight excluding hydrogens is 204 g/mol. The van der Waals surface area contributed by atoms with Gasteiger partial charge in [0, 0.05) is 11.8 Å². The van der Waals surface area contributed by atoms with E-state index in [2.05, 4.69) is 0 Å². The van der Waals surface area contributed by atoms with Crippen molar-refractivity contribution in [2.45, 2.75) is 45.8 Å². The van der Waals surface area contributed by atoms with Gasteiger partial charge in [-0.2, -0.15) is 0 Å². The normalized spacial score (nSPS) is 31.6. The van der Waals surface area contributed by atoms with Crippen LogP contribution in [0, 0.1) is 5.41 Å². The Morgan fingerprint density at radius 3 is 2.50 bits per heavy atom. The number of ketones is 1. The van der Waals surface area contributed by atoms with Gasteiger partial charge in [0.05, 0.1) is 6.10 Å². The van der Waals surface area contributed by atoms with E-state index >= 15 is 0 Å². The highest BCUT2D eigenvalue weighted by molar-refractivity contribution is 5.92. The topological polar surface area (TPSA) is 57.5 Å². The van der Waals surface area contributed by atoms with Gasteiger partial charge in [-0.05, 0) is 31.6 Å². The van der Waals surface area contributed by atoms with Crippen molar-refractivity contribution in [1.82, 2.24) is 0 Å². The van der Waals surface area contributed by atoms with E-state index in [1.807, 2.05) is 13.8 Å². The maximum Gasteiger partial charge on any atom is 0.156 e. The number of hydrogen-bond donors (Lipinski definition) is 2. The smallest absolute Gasteiger partial charge is 0.156 e. The molecule has 0 heterocycles. The van der Waals surface area contributed by atoms with Gasteiger partial charge in [-0.25, -0.2) is 0 Å². The fraction of sp³-hybridized carbons (Fsp3) is 0.615. The predicted octanol–water partition coefficient (Wildman–Crippen LogP) is 1.60. The van der Waals surface area contributed by atoms with Gasteiger partial charge in [0.25, 0.3) is 0 Å². The van der Waals surface area contributed by atoms with Crippen LogP contribution in [0.4, 0.5) is 0 Å². The Balaban J connectivity index is 3.16. The van der Waals surface area contributed by atoms with Crippen LogP contribution in [0.2, 0.25) is 0 Å². The van der Waals surface area contributed by atoms with Crippen LogP contribution in [-0.2, 0) is 4.79 Å². The second-order valence-corrected chi connectivity index (χ2v) is 5.22. The van der Waals surface area contributed by atoms with Crippen molar-refractivity contribution in [2.24, 2.45) is 5.41 Å². The van der Waals surface area contributed by atoms with Gasteiger partial charge in [-0.3, -0.25) is 4.79 Å². The minimum absolute atomic E-state index is 0.0395. The highest BCUT2D eigenvalue weighted by Crippen LogP contribution is 2.44. The second-order valence-electron chi connectivity index (χ2n) is 5.22. The van der Waals surface area contributed by atoms with Crippen LogP contribution in [0.15, 0.2) is 23.8 Å². The highest BCUT2D eigenvalue weighted by atomic mass is 16.3. The zero-order chi connectivity index (χ0) is 12.6.